The third-order valence-electron chi connectivity index (χ3n) is 2.23. The maximum absolute atomic E-state index is 10.8. The van der Waals surface area contributed by atoms with Crippen LogP contribution >= 0.6 is 0 Å². The molecule has 92 valence electrons. The van der Waals surface area contributed by atoms with E-state index in [-0.39, 0.29) is 5.71 Å². The topological polar surface area (TPSA) is 109 Å². The van der Waals surface area contributed by atoms with Gasteiger partial charge in [0.05, 0.1) is 6.61 Å². The van der Waals surface area contributed by atoms with Crippen LogP contribution in [0.4, 0.5) is 0 Å². The Morgan fingerprint density at radius 1 is 1.56 bits per heavy atom. The number of amides is 1. The van der Waals surface area contributed by atoms with E-state index in [4.69, 9.17) is 14.6 Å². The molecule has 4 unspecified atom stereocenters. The summed E-state index contributed by atoms with van der Waals surface area (Å²) in [6, 6.07) is 0. The van der Waals surface area contributed by atoms with Crippen LogP contribution in [0.15, 0.2) is 4.99 Å². The van der Waals surface area contributed by atoms with Crippen LogP contribution in [0.3, 0.4) is 0 Å². The molecule has 1 amide bonds. The van der Waals surface area contributed by atoms with Gasteiger partial charge in [-0.1, -0.05) is 0 Å². The SMILES string of the molecule is COC1OC(CO)C(O)C(O)/C1=N/C(C)=O. The minimum Gasteiger partial charge on any atom is -0.394 e. The Bertz CT molecular complexity index is 288. The molecule has 0 spiro atoms. The van der Waals surface area contributed by atoms with Gasteiger partial charge in [-0.25, -0.2) is 4.99 Å². The summed E-state index contributed by atoms with van der Waals surface area (Å²) in [4.78, 5) is 14.4. The van der Waals surface area contributed by atoms with Crippen molar-refractivity contribution in [1.29, 1.82) is 0 Å². The number of carbonyl (C=O) groups excluding carboxylic acids is 1. The third-order valence-corrected chi connectivity index (χ3v) is 2.23. The molecule has 7 nitrogen and oxygen atoms in total. The zero-order chi connectivity index (χ0) is 12.3. The Morgan fingerprint density at radius 2 is 2.19 bits per heavy atom. The first-order chi connectivity index (χ1) is 7.51. The summed E-state index contributed by atoms with van der Waals surface area (Å²) in [6.07, 6.45) is -4.74. The molecule has 4 atom stereocenters. The first-order valence-electron chi connectivity index (χ1n) is 4.75. The highest BCUT2D eigenvalue weighted by atomic mass is 16.7. The Balaban J connectivity index is 2.95. The molecular formula is C9H15NO6. The van der Waals surface area contributed by atoms with E-state index in [0.717, 1.165) is 0 Å². The number of methoxy groups -OCH3 is 1. The van der Waals surface area contributed by atoms with Crippen molar-refractivity contribution in [3.63, 3.8) is 0 Å². The number of aliphatic hydroxyl groups is 3. The second kappa shape index (κ2) is 5.46. The smallest absolute Gasteiger partial charge is 0.242 e. The maximum Gasteiger partial charge on any atom is 0.242 e. The van der Waals surface area contributed by atoms with E-state index in [2.05, 4.69) is 4.99 Å². The van der Waals surface area contributed by atoms with Crippen LogP contribution in [-0.2, 0) is 14.3 Å². The quantitative estimate of drug-likeness (QED) is 0.512. The normalized spacial score (nSPS) is 37.7. The predicted molar refractivity (Wildman–Crippen MR) is 52.9 cm³/mol. The van der Waals surface area contributed by atoms with Gasteiger partial charge >= 0.3 is 0 Å². The van der Waals surface area contributed by atoms with E-state index >= 15 is 0 Å². The summed E-state index contributed by atoms with van der Waals surface area (Å²) >= 11 is 0. The molecule has 1 aliphatic heterocycles. The van der Waals surface area contributed by atoms with Crippen LogP contribution in [0.5, 0.6) is 0 Å². The van der Waals surface area contributed by atoms with Gasteiger partial charge in [-0.3, -0.25) is 4.79 Å². The summed E-state index contributed by atoms with van der Waals surface area (Å²) in [6.45, 7) is 0.738. The number of aliphatic hydroxyl groups excluding tert-OH is 3. The van der Waals surface area contributed by atoms with Gasteiger partial charge in [0.1, 0.15) is 24.0 Å². The molecule has 1 heterocycles. The number of rotatable bonds is 2. The van der Waals surface area contributed by atoms with Crippen molar-refractivity contribution in [3.8, 4) is 0 Å². The van der Waals surface area contributed by atoms with E-state index in [0.29, 0.717) is 0 Å². The van der Waals surface area contributed by atoms with Crippen LogP contribution in [0.25, 0.3) is 0 Å². The lowest BCUT2D eigenvalue weighted by Gasteiger charge is -2.36. The van der Waals surface area contributed by atoms with Crippen LogP contribution < -0.4 is 0 Å². The molecule has 1 aliphatic rings. The molecule has 0 radical (unpaired) electrons. The number of hydrogen-bond donors (Lipinski definition) is 3. The standard InChI is InChI=1S/C9H15NO6/c1-4(12)10-6-8(14)7(13)5(3-11)16-9(6)15-2/h5,7-9,11,13-14H,3H2,1-2H3/b10-6-. The number of hydrogen-bond acceptors (Lipinski definition) is 6. The van der Waals surface area contributed by atoms with E-state index in [1.807, 2.05) is 0 Å². The Hall–Kier alpha value is -0.860. The first kappa shape index (κ1) is 13.2. The number of carbonyl (C=O) groups is 1. The molecule has 0 saturated carbocycles. The molecule has 0 aromatic carbocycles. The van der Waals surface area contributed by atoms with Crippen molar-refractivity contribution in [2.24, 2.45) is 4.99 Å². The first-order valence-corrected chi connectivity index (χ1v) is 4.75. The molecule has 16 heavy (non-hydrogen) atoms. The van der Waals surface area contributed by atoms with Crippen molar-refractivity contribution in [2.45, 2.75) is 31.5 Å². The van der Waals surface area contributed by atoms with E-state index < -0.39 is 37.1 Å². The van der Waals surface area contributed by atoms with E-state index in [1.165, 1.54) is 14.0 Å². The van der Waals surface area contributed by atoms with Gasteiger partial charge in [0, 0.05) is 14.0 Å². The van der Waals surface area contributed by atoms with Crippen LogP contribution in [0.2, 0.25) is 0 Å². The maximum atomic E-state index is 10.8. The molecule has 0 aliphatic carbocycles. The number of aliphatic imine (C=N–C) groups is 1. The molecule has 3 N–H and O–H groups in total. The molecule has 0 aromatic heterocycles. The van der Waals surface area contributed by atoms with Crippen molar-refractivity contribution in [1.82, 2.24) is 0 Å². The Labute approximate surface area is 92.3 Å². The van der Waals surface area contributed by atoms with E-state index in [1.54, 1.807) is 0 Å². The van der Waals surface area contributed by atoms with Crippen molar-refractivity contribution in [2.75, 3.05) is 13.7 Å². The third kappa shape index (κ3) is 2.63. The van der Waals surface area contributed by atoms with Crippen molar-refractivity contribution in [3.05, 3.63) is 0 Å². The van der Waals surface area contributed by atoms with Gasteiger partial charge in [0.25, 0.3) is 0 Å². The lowest BCUT2D eigenvalue weighted by Crippen LogP contribution is -2.56. The van der Waals surface area contributed by atoms with Crippen molar-refractivity contribution >= 4 is 11.6 Å². The van der Waals surface area contributed by atoms with Gasteiger partial charge in [-0.2, -0.15) is 0 Å². The van der Waals surface area contributed by atoms with Gasteiger partial charge in [0.2, 0.25) is 5.91 Å². The molecule has 7 heteroatoms. The fourth-order valence-corrected chi connectivity index (χ4v) is 1.45. The summed E-state index contributed by atoms with van der Waals surface area (Å²) in [5.74, 6) is -0.533. The molecule has 0 aromatic rings. The fourth-order valence-electron chi connectivity index (χ4n) is 1.45. The highest BCUT2D eigenvalue weighted by Gasteiger charge is 2.41. The minimum absolute atomic E-state index is 0.0906. The average Bonchev–Trinajstić information content (AvgIpc) is 2.25. The second-order valence-corrected chi connectivity index (χ2v) is 3.42. The molecule has 0 bridgehead atoms. The predicted octanol–water partition coefficient (Wildman–Crippen LogP) is -1.94. The summed E-state index contributed by atoms with van der Waals surface area (Å²) in [5, 5.41) is 28.1. The van der Waals surface area contributed by atoms with Crippen LogP contribution in [0, 0.1) is 0 Å². The highest BCUT2D eigenvalue weighted by Crippen LogP contribution is 2.19. The highest BCUT2D eigenvalue weighted by molar-refractivity contribution is 6.00. The lowest BCUT2D eigenvalue weighted by atomic mass is 10.00. The monoisotopic (exact) mass is 233 g/mol. The molecule has 1 fully saturated rings. The number of nitrogens with zero attached hydrogens (tertiary/aromatic N) is 1. The van der Waals surface area contributed by atoms with Gasteiger partial charge in [-0.15, -0.1) is 0 Å². The van der Waals surface area contributed by atoms with Gasteiger partial charge in [-0.05, 0) is 0 Å². The molecule has 1 saturated heterocycles. The van der Waals surface area contributed by atoms with Crippen molar-refractivity contribution < 1.29 is 29.6 Å². The van der Waals surface area contributed by atoms with E-state index in [9.17, 15) is 15.0 Å². The van der Waals surface area contributed by atoms with Gasteiger partial charge < -0.3 is 24.8 Å². The summed E-state index contributed by atoms with van der Waals surface area (Å²) < 4.78 is 9.98. The van der Waals surface area contributed by atoms with Crippen LogP contribution in [0.1, 0.15) is 6.92 Å². The fraction of sp³-hybridized carbons (Fsp3) is 0.778. The molecular weight excluding hydrogens is 218 g/mol. The molecule has 1 rings (SSSR count). The minimum atomic E-state index is -1.39. The number of ether oxygens (including phenoxy) is 2. The van der Waals surface area contributed by atoms with Crippen LogP contribution in [-0.4, -0.2) is 65.3 Å². The zero-order valence-corrected chi connectivity index (χ0v) is 9.03. The lowest BCUT2D eigenvalue weighted by molar-refractivity contribution is -0.191. The van der Waals surface area contributed by atoms with Gasteiger partial charge in [0.15, 0.2) is 6.29 Å². The summed E-state index contributed by atoms with van der Waals surface area (Å²) in [5.41, 5.74) is -0.0906. The Morgan fingerprint density at radius 3 is 2.62 bits per heavy atom. The zero-order valence-electron chi connectivity index (χ0n) is 9.03. The Kier molecular flexibility index (Phi) is 4.51. The average molecular weight is 233 g/mol. The second-order valence-electron chi connectivity index (χ2n) is 3.42. The summed E-state index contributed by atoms with van der Waals surface area (Å²) in [7, 11) is 1.30. The largest absolute Gasteiger partial charge is 0.394 e.